The maximum atomic E-state index is 13.0. The van der Waals surface area contributed by atoms with E-state index in [0.717, 1.165) is 17.1 Å². The summed E-state index contributed by atoms with van der Waals surface area (Å²) in [5.41, 5.74) is 6.23. The molecule has 27 heavy (non-hydrogen) atoms. The second-order valence-corrected chi connectivity index (χ2v) is 9.21. The molecule has 1 saturated heterocycles. The Balaban J connectivity index is 0.00000261. The van der Waals surface area contributed by atoms with Gasteiger partial charge in [0, 0.05) is 30.7 Å². The van der Waals surface area contributed by atoms with Crippen molar-refractivity contribution in [2.24, 2.45) is 11.7 Å². The average Bonchev–Trinajstić information content (AvgIpc) is 2.79. The van der Waals surface area contributed by atoms with Gasteiger partial charge in [0.05, 0.1) is 5.56 Å². The molecule has 2 atom stereocenters. The zero-order valence-electron chi connectivity index (χ0n) is 15.7. The van der Waals surface area contributed by atoms with E-state index >= 15 is 0 Å². The Kier molecular flexibility index (Phi) is 6.23. The normalized spacial score (nSPS) is 24.0. The number of carbonyl (C=O) groups excluding carboxylic acids is 2. The summed E-state index contributed by atoms with van der Waals surface area (Å²) in [4.78, 5) is 27.0. The molecular weight excluding hydrogens is 390 g/mol. The molecule has 0 bridgehead atoms. The molecule has 2 aliphatic rings. The van der Waals surface area contributed by atoms with Gasteiger partial charge in [0.15, 0.2) is 0 Å². The maximum absolute atomic E-state index is 13.0. The fraction of sp³-hybridized carbons (Fsp3) is 0.556. The van der Waals surface area contributed by atoms with Gasteiger partial charge in [0.1, 0.15) is 4.90 Å². The van der Waals surface area contributed by atoms with Crippen LogP contribution >= 0.6 is 12.4 Å². The van der Waals surface area contributed by atoms with E-state index in [4.69, 9.17) is 5.73 Å². The highest BCUT2D eigenvalue weighted by Gasteiger charge is 2.43. The molecule has 0 spiro atoms. The lowest BCUT2D eigenvalue weighted by Gasteiger charge is -2.38. The van der Waals surface area contributed by atoms with E-state index in [2.05, 4.69) is 6.92 Å². The summed E-state index contributed by atoms with van der Waals surface area (Å²) in [5.74, 6) is -0.272. The number of sulfonamides is 1. The van der Waals surface area contributed by atoms with E-state index in [1.165, 1.54) is 18.2 Å². The fourth-order valence-corrected chi connectivity index (χ4v) is 5.59. The third-order valence-corrected chi connectivity index (χ3v) is 7.17. The number of carbonyl (C=O) groups is 2. The standard InChI is InChI=1S/C18H25N3O4S.ClH/c1-11(2)21-18(23)15-5-4-13(9-16(15)26(21,24)25)17(22)20-7-6-12(3)8-14(20)10-19;/h4-5,9,11-12,14H,6-8,10,19H2,1-3H3;1H. The largest absolute Gasteiger partial charge is 0.334 e. The van der Waals surface area contributed by atoms with Crippen molar-refractivity contribution in [3.05, 3.63) is 29.3 Å². The first-order chi connectivity index (χ1) is 12.2. The molecule has 2 aliphatic heterocycles. The Hall–Kier alpha value is -1.64. The Morgan fingerprint density at radius 3 is 2.59 bits per heavy atom. The van der Waals surface area contributed by atoms with Crippen molar-refractivity contribution in [3.8, 4) is 0 Å². The lowest BCUT2D eigenvalue weighted by Crippen LogP contribution is -2.49. The number of rotatable bonds is 3. The number of fused-ring (bicyclic) bond motifs is 1. The molecule has 3 rings (SSSR count). The van der Waals surface area contributed by atoms with Crippen LogP contribution in [0, 0.1) is 5.92 Å². The van der Waals surface area contributed by atoms with Gasteiger partial charge in [-0.3, -0.25) is 9.59 Å². The third kappa shape index (κ3) is 3.58. The number of nitrogens with zero attached hydrogens (tertiary/aromatic N) is 2. The molecule has 150 valence electrons. The van der Waals surface area contributed by atoms with Crippen LogP contribution in [0.15, 0.2) is 23.1 Å². The predicted octanol–water partition coefficient (Wildman–Crippen LogP) is 1.86. The van der Waals surface area contributed by atoms with Crippen LogP contribution in [-0.2, 0) is 10.0 Å². The summed E-state index contributed by atoms with van der Waals surface area (Å²) in [6.45, 7) is 6.41. The number of halogens is 1. The zero-order valence-corrected chi connectivity index (χ0v) is 17.3. The number of likely N-dealkylation sites (tertiary alicyclic amines) is 1. The van der Waals surface area contributed by atoms with E-state index < -0.39 is 22.0 Å². The number of benzene rings is 1. The molecule has 1 fully saturated rings. The summed E-state index contributed by atoms with van der Waals surface area (Å²) in [6, 6.07) is 3.77. The van der Waals surface area contributed by atoms with Crippen molar-refractivity contribution in [1.29, 1.82) is 0 Å². The smallest absolute Gasteiger partial charge is 0.269 e. The van der Waals surface area contributed by atoms with Crippen LogP contribution in [0.1, 0.15) is 54.3 Å². The van der Waals surface area contributed by atoms with E-state index in [1.54, 1.807) is 18.7 Å². The number of nitrogens with two attached hydrogens (primary N) is 1. The van der Waals surface area contributed by atoms with Crippen LogP contribution in [0.5, 0.6) is 0 Å². The van der Waals surface area contributed by atoms with Gasteiger partial charge in [0.25, 0.3) is 21.8 Å². The van der Waals surface area contributed by atoms with Gasteiger partial charge in [-0.25, -0.2) is 12.7 Å². The molecule has 0 aromatic heterocycles. The van der Waals surface area contributed by atoms with Crippen molar-refractivity contribution in [2.45, 2.75) is 50.6 Å². The van der Waals surface area contributed by atoms with Crippen LogP contribution in [0.25, 0.3) is 0 Å². The minimum Gasteiger partial charge on any atom is -0.334 e. The van der Waals surface area contributed by atoms with Crippen molar-refractivity contribution >= 4 is 34.2 Å². The van der Waals surface area contributed by atoms with E-state index in [-0.39, 0.29) is 40.4 Å². The first-order valence-electron chi connectivity index (χ1n) is 8.92. The third-order valence-electron chi connectivity index (χ3n) is 5.18. The van der Waals surface area contributed by atoms with Crippen LogP contribution in [0.2, 0.25) is 0 Å². The highest BCUT2D eigenvalue weighted by molar-refractivity contribution is 7.90. The molecule has 2 unspecified atom stereocenters. The molecule has 9 heteroatoms. The second kappa shape index (κ2) is 7.77. The van der Waals surface area contributed by atoms with Gasteiger partial charge in [-0.15, -0.1) is 12.4 Å². The molecule has 2 amide bonds. The number of hydrogen-bond acceptors (Lipinski definition) is 5. The van der Waals surface area contributed by atoms with Crippen LogP contribution in [-0.4, -0.2) is 54.6 Å². The molecule has 1 aromatic rings. The van der Waals surface area contributed by atoms with Crippen LogP contribution < -0.4 is 5.73 Å². The lowest BCUT2D eigenvalue weighted by molar-refractivity contribution is 0.0573. The second-order valence-electron chi connectivity index (χ2n) is 7.43. The quantitative estimate of drug-likeness (QED) is 0.811. The summed E-state index contributed by atoms with van der Waals surface area (Å²) < 4.78 is 26.3. The highest BCUT2D eigenvalue weighted by atomic mass is 35.5. The minimum absolute atomic E-state index is 0. The van der Waals surface area contributed by atoms with Crippen molar-refractivity contribution in [2.75, 3.05) is 13.1 Å². The van der Waals surface area contributed by atoms with Crippen LogP contribution in [0.4, 0.5) is 0 Å². The summed E-state index contributed by atoms with van der Waals surface area (Å²) >= 11 is 0. The van der Waals surface area contributed by atoms with Crippen molar-refractivity contribution in [1.82, 2.24) is 9.21 Å². The molecule has 0 radical (unpaired) electrons. The number of amides is 2. The van der Waals surface area contributed by atoms with Gasteiger partial charge in [0.2, 0.25) is 0 Å². The van der Waals surface area contributed by atoms with E-state index in [9.17, 15) is 18.0 Å². The minimum atomic E-state index is -3.92. The monoisotopic (exact) mass is 415 g/mol. The highest BCUT2D eigenvalue weighted by Crippen LogP contribution is 2.33. The Labute approximate surface area is 166 Å². The molecule has 7 nitrogen and oxygen atoms in total. The molecule has 0 aliphatic carbocycles. The van der Waals surface area contributed by atoms with Gasteiger partial charge in [-0.2, -0.15) is 0 Å². The maximum Gasteiger partial charge on any atom is 0.269 e. The molecular formula is C18H26ClN3O4S. The summed E-state index contributed by atoms with van der Waals surface area (Å²) in [7, 11) is -3.92. The Morgan fingerprint density at radius 1 is 1.33 bits per heavy atom. The average molecular weight is 416 g/mol. The van der Waals surface area contributed by atoms with Crippen LogP contribution in [0.3, 0.4) is 0 Å². The SMILES string of the molecule is CC1CCN(C(=O)c2ccc3c(c2)S(=O)(=O)N(C(C)C)C3=O)C(CN)C1.Cl. The first kappa shape index (κ1) is 21.7. The van der Waals surface area contributed by atoms with Gasteiger partial charge < -0.3 is 10.6 Å². The summed E-state index contributed by atoms with van der Waals surface area (Å²) in [6.07, 6.45) is 1.73. The predicted molar refractivity (Wildman–Crippen MR) is 104 cm³/mol. The number of hydrogen-bond donors (Lipinski definition) is 1. The lowest BCUT2D eigenvalue weighted by atomic mass is 9.92. The molecule has 1 aromatic carbocycles. The molecule has 2 heterocycles. The number of piperidine rings is 1. The topological polar surface area (TPSA) is 101 Å². The van der Waals surface area contributed by atoms with Gasteiger partial charge in [-0.1, -0.05) is 6.92 Å². The van der Waals surface area contributed by atoms with E-state index in [0.29, 0.717) is 19.0 Å². The zero-order chi connectivity index (χ0) is 19.2. The van der Waals surface area contributed by atoms with Gasteiger partial charge in [-0.05, 0) is 50.8 Å². The summed E-state index contributed by atoms with van der Waals surface area (Å²) in [5, 5.41) is 0. The fourth-order valence-electron chi connectivity index (χ4n) is 3.80. The molecule has 2 N–H and O–H groups in total. The van der Waals surface area contributed by atoms with E-state index in [1.807, 2.05) is 0 Å². The Bertz CT molecular complexity index is 856. The van der Waals surface area contributed by atoms with Gasteiger partial charge >= 0.3 is 0 Å². The van der Waals surface area contributed by atoms with Crippen molar-refractivity contribution in [3.63, 3.8) is 0 Å². The van der Waals surface area contributed by atoms with Crippen molar-refractivity contribution < 1.29 is 18.0 Å². The molecule has 0 saturated carbocycles. The first-order valence-corrected chi connectivity index (χ1v) is 10.4. The Morgan fingerprint density at radius 2 is 2.00 bits per heavy atom.